The Morgan fingerprint density at radius 2 is 1.25 bits per heavy atom. The molecule has 11 N–H and O–H groups in total. The highest BCUT2D eigenvalue weighted by Crippen LogP contribution is 2.40. The van der Waals surface area contributed by atoms with Gasteiger partial charge in [0.25, 0.3) is 0 Å². The highest BCUT2D eigenvalue weighted by atomic mass is 16.7. The fraction of sp³-hybridized carbons (Fsp3) is 0.444. The molecule has 240 valence electrons. The minimum atomic E-state index is -1.94. The van der Waals surface area contributed by atoms with Crippen molar-refractivity contribution in [3.8, 4) is 40.1 Å². The quantitative estimate of drug-likeness (QED) is 0.124. The van der Waals surface area contributed by atoms with Crippen molar-refractivity contribution >= 4 is 11.0 Å². The summed E-state index contributed by atoms with van der Waals surface area (Å²) in [5, 5.41) is 110. The van der Waals surface area contributed by atoms with Crippen LogP contribution in [0.15, 0.2) is 39.5 Å². The van der Waals surface area contributed by atoms with Gasteiger partial charge in [0.15, 0.2) is 17.3 Å². The Morgan fingerprint density at radius 3 is 1.80 bits per heavy atom. The van der Waals surface area contributed by atoms with E-state index in [0.717, 1.165) is 24.3 Å². The first kappa shape index (κ1) is 31.7. The lowest BCUT2D eigenvalue weighted by molar-refractivity contribution is -0.277. The average molecular weight is 627 g/mol. The summed E-state index contributed by atoms with van der Waals surface area (Å²) in [6.45, 7) is -1.52. The summed E-state index contributed by atoms with van der Waals surface area (Å²) in [5.74, 6) is -3.31. The van der Waals surface area contributed by atoms with E-state index in [1.54, 1.807) is 0 Å². The molecule has 10 atom stereocenters. The van der Waals surface area contributed by atoms with E-state index >= 15 is 0 Å². The average Bonchev–Trinajstić information content (AvgIpc) is 2.99. The minimum absolute atomic E-state index is 0.0925. The molecule has 44 heavy (non-hydrogen) atoms. The second kappa shape index (κ2) is 12.3. The van der Waals surface area contributed by atoms with Crippen LogP contribution in [0.5, 0.6) is 28.7 Å². The SMILES string of the molecule is O=c1c(OC2O[C@H](CO)[C@@H](O)[C@H](O)[C@H]2O)c(-c2ccc(OC3O[C@H](CO)[C@@H](O)[C@H](O)[C@H]3O)c(O)c2)oc2cc(O)cc(O)c12. The van der Waals surface area contributed by atoms with E-state index in [2.05, 4.69) is 0 Å². The van der Waals surface area contributed by atoms with Crippen molar-refractivity contribution in [2.24, 2.45) is 0 Å². The van der Waals surface area contributed by atoms with Gasteiger partial charge in [0, 0.05) is 17.7 Å². The van der Waals surface area contributed by atoms with Gasteiger partial charge in [0.05, 0.1) is 13.2 Å². The molecule has 2 aliphatic rings. The standard InChI is InChI=1S/C27H30O17/c28-6-14-17(33)20(36)22(38)26(42-14)41-12-2-1-8(3-10(12)31)24-25(19(35)16-11(32)4-9(30)5-13(16)40-24)44-27-23(39)21(37)18(34)15(7-29)43-27/h1-5,14-15,17-18,20-23,26-34,36-39H,6-7H2/t14-,15-,17-,18-,20+,21+,22-,23-,26?,27?/m1/s1. The number of hydrogen-bond donors (Lipinski definition) is 11. The number of benzene rings is 2. The molecule has 17 nitrogen and oxygen atoms in total. The Balaban J connectivity index is 1.55. The van der Waals surface area contributed by atoms with E-state index in [1.807, 2.05) is 0 Å². The maximum absolute atomic E-state index is 13.6. The molecule has 0 saturated carbocycles. The number of aromatic hydroxyl groups is 3. The smallest absolute Gasteiger partial charge is 0.239 e. The molecule has 1 aromatic heterocycles. The third-order valence-corrected chi connectivity index (χ3v) is 7.31. The van der Waals surface area contributed by atoms with Crippen molar-refractivity contribution in [3.05, 3.63) is 40.6 Å². The Bertz CT molecular complexity index is 1550. The van der Waals surface area contributed by atoms with Gasteiger partial charge in [0.2, 0.25) is 23.8 Å². The van der Waals surface area contributed by atoms with Gasteiger partial charge >= 0.3 is 0 Å². The number of ether oxygens (including phenoxy) is 4. The van der Waals surface area contributed by atoms with E-state index in [1.165, 1.54) is 6.07 Å². The molecule has 5 rings (SSSR count). The molecule has 2 fully saturated rings. The molecule has 3 heterocycles. The van der Waals surface area contributed by atoms with Crippen LogP contribution in [0, 0.1) is 0 Å². The van der Waals surface area contributed by atoms with Crippen molar-refractivity contribution in [1.29, 1.82) is 0 Å². The zero-order valence-corrected chi connectivity index (χ0v) is 22.4. The summed E-state index contributed by atoms with van der Waals surface area (Å²) in [6.07, 6.45) is -16.9. The van der Waals surface area contributed by atoms with Crippen molar-refractivity contribution in [2.75, 3.05) is 13.2 Å². The summed E-state index contributed by atoms with van der Waals surface area (Å²) >= 11 is 0. The van der Waals surface area contributed by atoms with Crippen molar-refractivity contribution in [1.82, 2.24) is 0 Å². The molecular weight excluding hydrogens is 596 g/mol. The third kappa shape index (κ3) is 5.61. The van der Waals surface area contributed by atoms with Crippen LogP contribution in [0.2, 0.25) is 0 Å². The van der Waals surface area contributed by atoms with E-state index in [-0.39, 0.29) is 16.9 Å². The van der Waals surface area contributed by atoms with Gasteiger partial charge in [-0.2, -0.15) is 0 Å². The minimum Gasteiger partial charge on any atom is -0.508 e. The lowest BCUT2D eigenvalue weighted by Crippen LogP contribution is -2.60. The molecule has 2 unspecified atom stereocenters. The fourth-order valence-corrected chi connectivity index (χ4v) is 4.89. The topological polar surface area (TPSA) is 290 Å². The van der Waals surface area contributed by atoms with Crippen LogP contribution in [0.25, 0.3) is 22.3 Å². The number of aliphatic hydroxyl groups is 8. The van der Waals surface area contributed by atoms with Crippen LogP contribution >= 0.6 is 0 Å². The molecule has 0 amide bonds. The monoisotopic (exact) mass is 626 g/mol. The predicted octanol–water partition coefficient (Wildman–Crippen LogP) is -3.07. The van der Waals surface area contributed by atoms with E-state index in [0.29, 0.717) is 0 Å². The van der Waals surface area contributed by atoms with Gasteiger partial charge in [0.1, 0.15) is 71.3 Å². The van der Waals surface area contributed by atoms with Crippen LogP contribution < -0.4 is 14.9 Å². The van der Waals surface area contributed by atoms with E-state index in [9.17, 15) is 61.0 Å². The van der Waals surface area contributed by atoms with Gasteiger partial charge in [-0.15, -0.1) is 0 Å². The van der Waals surface area contributed by atoms with Gasteiger partial charge in [-0.1, -0.05) is 0 Å². The summed E-state index contributed by atoms with van der Waals surface area (Å²) in [4.78, 5) is 13.6. The molecule has 17 heteroatoms. The summed E-state index contributed by atoms with van der Waals surface area (Å²) in [5.41, 5.74) is -1.47. The van der Waals surface area contributed by atoms with Gasteiger partial charge in [-0.25, -0.2) is 0 Å². The first-order chi connectivity index (χ1) is 20.9. The van der Waals surface area contributed by atoms with Gasteiger partial charge in [-0.3, -0.25) is 4.79 Å². The zero-order valence-electron chi connectivity index (χ0n) is 22.4. The first-order valence-corrected chi connectivity index (χ1v) is 13.2. The molecule has 2 saturated heterocycles. The number of phenols is 3. The van der Waals surface area contributed by atoms with Crippen molar-refractivity contribution < 1.29 is 79.5 Å². The summed E-state index contributed by atoms with van der Waals surface area (Å²) in [6, 6.07) is 5.23. The number of hydrogen-bond acceptors (Lipinski definition) is 17. The Morgan fingerprint density at radius 1 is 0.682 bits per heavy atom. The second-order valence-corrected chi connectivity index (χ2v) is 10.2. The highest BCUT2D eigenvalue weighted by molar-refractivity contribution is 5.88. The second-order valence-electron chi connectivity index (χ2n) is 10.2. The Kier molecular flexibility index (Phi) is 8.87. The molecule has 3 aromatic rings. The van der Waals surface area contributed by atoms with Crippen LogP contribution in [-0.4, -0.2) is 131 Å². The number of fused-ring (bicyclic) bond motifs is 1. The predicted molar refractivity (Wildman–Crippen MR) is 142 cm³/mol. The molecule has 0 bridgehead atoms. The lowest BCUT2D eigenvalue weighted by Gasteiger charge is -2.39. The molecule has 0 aliphatic carbocycles. The molecular formula is C27H30O17. The zero-order chi connectivity index (χ0) is 32.0. The molecule has 2 aromatic carbocycles. The molecule has 0 spiro atoms. The van der Waals surface area contributed by atoms with Gasteiger partial charge < -0.3 is 79.5 Å². The van der Waals surface area contributed by atoms with Crippen molar-refractivity contribution in [2.45, 2.75) is 61.4 Å². The number of rotatable bonds is 7. The van der Waals surface area contributed by atoms with Crippen LogP contribution in [0.4, 0.5) is 0 Å². The van der Waals surface area contributed by atoms with E-state index in [4.69, 9.17) is 23.4 Å². The van der Waals surface area contributed by atoms with Crippen LogP contribution in [0.1, 0.15) is 0 Å². The number of aliphatic hydroxyl groups excluding tert-OH is 8. The maximum Gasteiger partial charge on any atom is 0.239 e. The Hall–Kier alpha value is -3.75. The fourth-order valence-electron chi connectivity index (χ4n) is 4.89. The maximum atomic E-state index is 13.6. The first-order valence-electron chi connectivity index (χ1n) is 13.2. The third-order valence-electron chi connectivity index (χ3n) is 7.31. The largest absolute Gasteiger partial charge is 0.508 e. The highest BCUT2D eigenvalue weighted by Gasteiger charge is 2.46. The van der Waals surface area contributed by atoms with Gasteiger partial charge in [-0.05, 0) is 18.2 Å². The van der Waals surface area contributed by atoms with E-state index < -0.39 is 114 Å². The summed E-state index contributed by atoms with van der Waals surface area (Å²) < 4.78 is 27.4. The van der Waals surface area contributed by atoms with Crippen LogP contribution in [-0.2, 0) is 9.47 Å². The summed E-state index contributed by atoms with van der Waals surface area (Å²) in [7, 11) is 0. The lowest BCUT2D eigenvalue weighted by atomic mass is 9.99. The number of phenolic OH excluding ortho intramolecular Hbond substituents is 3. The molecule has 2 aliphatic heterocycles. The molecule has 0 radical (unpaired) electrons. The Labute approximate surface area is 246 Å². The normalized spacial score (nSPS) is 32.5. The van der Waals surface area contributed by atoms with Crippen LogP contribution in [0.3, 0.4) is 0 Å². The van der Waals surface area contributed by atoms with Crippen molar-refractivity contribution in [3.63, 3.8) is 0 Å².